The van der Waals surface area contributed by atoms with E-state index < -0.39 is 0 Å². The Morgan fingerprint density at radius 1 is 1.33 bits per heavy atom. The molecule has 1 saturated heterocycles. The van der Waals surface area contributed by atoms with E-state index in [4.69, 9.17) is 5.73 Å². The SMILES string of the molecule is NC1CCN2c3cc(Br)ccc3CCC12. The van der Waals surface area contributed by atoms with E-state index in [1.807, 2.05) is 0 Å². The van der Waals surface area contributed by atoms with Gasteiger partial charge in [0.25, 0.3) is 0 Å². The second-order valence-corrected chi connectivity index (χ2v) is 5.44. The van der Waals surface area contributed by atoms with Crippen molar-refractivity contribution in [2.24, 2.45) is 5.73 Å². The van der Waals surface area contributed by atoms with E-state index in [0.29, 0.717) is 12.1 Å². The number of benzene rings is 1. The summed E-state index contributed by atoms with van der Waals surface area (Å²) in [5, 5.41) is 0. The maximum atomic E-state index is 6.13. The van der Waals surface area contributed by atoms with E-state index in [1.165, 1.54) is 28.6 Å². The Bertz CT molecular complexity index is 391. The first-order valence-electron chi connectivity index (χ1n) is 5.56. The molecule has 2 aliphatic rings. The average molecular weight is 267 g/mol. The van der Waals surface area contributed by atoms with Crippen LogP contribution in [0.2, 0.25) is 0 Å². The minimum absolute atomic E-state index is 0.372. The van der Waals surface area contributed by atoms with Gasteiger partial charge in [0.15, 0.2) is 0 Å². The number of nitrogens with zero attached hydrogens (tertiary/aromatic N) is 1. The van der Waals surface area contributed by atoms with Gasteiger partial charge in [-0.3, -0.25) is 0 Å². The molecule has 0 spiro atoms. The zero-order valence-electron chi connectivity index (χ0n) is 8.62. The van der Waals surface area contributed by atoms with Gasteiger partial charge >= 0.3 is 0 Å². The predicted octanol–water partition coefficient (Wildman–Crippen LogP) is 2.30. The zero-order chi connectivity index (χ0) is 10.4. The van der Waals surface area contributed by atoms with Crippen molar-refractivity contribution >= 4 is 21.6 Å². The molecule has 0 radical (unpaired) electrons. The largest absolute Gasteiger partial charge is 0.367 e. The van der Waals surface area contributed by atoms with E-state index >= 15 is 0 Å². The van der Waals surface area contributed by atoms with Crippen molar-refractivity contribution in [3.8, 4) is 0 Å². The lowest BCUT2D eigenvalue weighted by Crippen LogP contribution is -2.42. The summed E-state index contributed by atoms with van der Waals surface area (Å²) in [6.07, 6.45) is 3.53. The number of hydrogen-bond acceptors (Lipinski definition) is 2. The Labute approximate surface area is 98.6 Å². The average Bonchev–Trinajstić information content (AvgIpc) is 2.61. The van der Waals surface area contributed by atoms with Gasteiger partial charge in [-0.1, -0.05) is 22.0 Å². The second-order valence-electron chi connectivity index (χ2n) is 4.52. The molecule has 3 rings (SSSR count). The van der Waals surface area contributed by atoms with Crippen LogP contribution in [0.25, 0.3) is 0 Å². The summed E-state index contributed by atoms with van der Waals surface area (Å²) in [6, 6.07) is 7.55. The van der Waals surface area contributed by atoms with E-state index in [9.17, 15) is 0 Å². The van der Waals surface area contributed by atoms with Crippen LogP contribution in [0.3, 0.4) is 0 Å². The smallest absolute Gasteiger partial charge is 0.0445 e. The third-order valence-electron chi connectivity index (χ3n) is 3.66. The molecule has 0 amide bonds. The number of rotatable bonds is 0. The van der Waals surface area contributed by atoms with Gasteiger partial charge in [0.1, 0.15) is 0 Å². The lowest BCUT2D eigenvalue weighted by molar-refractivity contribution is 0.526. The summed E-state index contributed by atoms with van der Waals surface area (Å²) in [6.45, 7) is 1.12. The molecule has 2 atom stereocenters. The van der Waals surface area contributed by atoms with Gasteiger partial charge in [-0.15, -0.1) is 0 Å². The van der Waals surface area contributed by atoms with Gasteiger partial charge in [-0.2, -0.15) is 0 Å². The molecule has 0 aliphatic carbocycles. The van der Waals surface area contributed by atoms with Crippen molar-refractivity contribution in [3.05, 3.63) is 28.2 Å². The molecule has 1 fully saturated rings. The van der Waals surface area contributed by atoms with Crippen LogP contribution in [-0.2, 0) is 6.42 Å². The van der Waals surface area contributed by atoms with Crippen LogP contribution in [0.1, 0.15) is 18.4 Å². The molecule has 2 unspecified atom stereocenters. The van der Waals surface area contributed by atoms with Crippen LogP contribution < -0.4 is 10.6 Å². The highest BCUT2D eigenvalue weighted by Gasteiger charge is 2.35. The molecule has 0 saturated carbocycles. The van der Waals surface area contributed by atoms with Crippen molar-refractivity contribution in [3.63, 3.8) is 0 Å². The number of nitrogens with two attached hydrogens (primary N) is 1. The quantitative estimate of drug-likeness (QED) is 0.781. The molecule has 2 aliphatic heterocycles. The van der Waals surface area contributed by atoms with E-state index in [-0.39, 0.29) is 0 Å². The monoisotopic (exact) mass is 266 g/mol. The van der Waals surface area contributed by atoms with Gasteiger partial charge in [0.05, 0.1) is 0 Å². The second kappa shape index (κ2) is 3.49. The normalized spacial score (nSPS) is 28.8. The van der Waals surface area contributed by atoms with Crippen LogP contribution in [0, 0.1) is 0 Å². The number of halogens is 1. The molecule has 2 nitrogen and oxygen atoms in total. The fourth-order valence-corrected chi connectivity index (χ4v) is 3.21. The fourth-order valence-electron chi connectivity index (χ4n) is 2.87. The molecule has 0 bridgehead atoms. The first-order valence-corrected chi connectivity index (χ1v) is 6.35. The molecule has 2 heterocycles. The Morgan fingerprint density at radius 2 is 2.20 bits per heavy atom. The number of fused-ring (bicyclic) bond motifs is 3. The highest BCUT2D eigenvalue weighted by atomic mass is 79.9. The van der Waals surface area contributed by atoms with Crippen molar-refractivity contribution in [1.29, 1.82) is 0 Å². The van der Waals surface area contributed by atoms with E-state index in [0.717, 1.165) is 13.0 Å². The Hall–Kier alpha value is -0.540. The Morgan fingerprint density at radius 3 is 3.07 bits per heavy atom. The maximum absolute atomic E-state index is 6.13. The third-order valence-corrected chi connectivity index (χ3v) is 4.16. The summed E-state index contributed by atoms with van der Waals surface area (Å²) in [7, 11) is 0. The molecule has 3 heteroatoms. The fraction of sp³-hybridized carbons (Fsp3) is 0.500. The van der Waals surface area contributed by atoms with Crippen molar-refractivity contribution in [2.45, 2.75) is 31.3 Å². The Kier molecular flexibility index (Phi) is 2.25. The van der Waals surface area contributed by atoms with Gasteiger partial charge in [0, 0.05) is 28.8 Å². The minimum atomic E-state index is 0.372. The molecule has 0 aromatic heterocycles. The summed E-state index contributed by atoms with van der Waals surface area (Å²) < 4.78 is 1.17. The number of hydrogen-bond donors (Lipinski definition) is 1. The van der Waals surface area contributed by atoms with Crippen molar-refractivity contribution < 1.29 is 0 Å². The molecule has 80 valence electrons. The lowest BCUT2D eigenvalue weighted by Gasteiger charge is -2.35. The van der Waals surface area contributed by atoms with Crippen molar-refractivity contribution in [2.75, 3.05) is 11.4 Å². The third kappa shape index (κ3) is 1.49. The van der Waals surface area contributed by atoms with Crippen LogP contribution in [0.5, 0.6) is 0 Å². The van der Waals surface area contributed by atoms with Crippen molar-refractivity contribution in [1.82, 2.24) is 0 Å². The van der Waals surface area contributed by atoms with E-state index in [2.05, 4.69) is 39.0 Å². The standard InChI is InChI=1S/C12H15BrN2/c13-9-3-1-8-2-4-11-10(14)5-6-15(11)12(8)7-9/h1,3,7,10-11H,2,4-6,14H2. The van der Waals surface area contributed by atoms with Gasteiger partial charge in [-0.05, 0) is 37.0 Å². The van der Waals surface area contributed by atoms with E-state index in [1.54, 1.807) is 0 Å². The highest BCUT2D eigenvalue weighted by molar-refractivity contribution is 9.10. The minimum Gasteiger partial charge on any atom is -0.367 e. The molecular weight excluding hydrogens is 252 g/mol. The van der Waals surface area contributed by atoms with Gasteiger partial charge < -0.3 is 10.6 Å². The summed E-state index contributed by atoms with van der Waals surface area (Å²) in [5.41, 5.74) is 9.00. The van der Waals surface area contributed by atoms with Gasteiger partial charge in [0.2, 0.25) is 0 Å². The van der Waals surface area contributed by atoms with Crippen LogP contribution in [-0.4, -0.2) is 18.6 Å². The number of aryl methyl sites for hydroxylation is 1. The lowest BCUT2D eigenvalue weighted by atomic mass is 9.95. The van der Waals surface area contributed by atoms with Gasteiger partial charge in [-0.25, -0.2) is 0 Å². The molecule has 1 aromatic carbocycles. The first kappa shape index (κ1) is 9.67. The first-order chi connectivity index (χ1) is 7.25. The molecule has 1 aromatic rings. The Balaban J connectivity index is 2.04. The maximum Gasteiger partial charge on any atom is 0.0445 e. The van der Waals surface area contributed by atoms with Crippen LogP contribution in [0.4, 0.5) is 5.69 Å². The highest BCUT2D eigenvalue weighted by Crippen LogP contribution is 2.37. The van der Waals surface area contributed by atoms with Crippen LogP contribution >= 0.6 is 15.9 Å². The zero-order valence-corrected chi connectivity index (χ0v) is 10.2. The topological polar surface area (TPSA) is 29.3 Å². The summed E-state index contributed by atoms with van der Waals surface area (Å²) in [4.78, 5) is 2.49. The predicted molar refractivity (Wildman–Crippen MR) is 66.2 cm³/mol. The van der Waals surface area contributed by atoms with Crippen LogP contribution in [0.15, 0.2) is 22.7 Å². The summed E-state index contributed by atoms with van der Waals surface area (Å²) in [5.74, 6) is 0. The summed E-state index contributed by atoms with van der Waals surface area (Å²) >= 11 is 3.54. The molecule has 15 heavy (non-hydrogen) atoms. The molecular formula is C12H15BrN2. The molecule has 2 N–H and O–H groups in total. The number of anilines is 1.